The third kappa shape index (κ3) is 6.95. The number of aryl methyl sites for hydroxylation is 1. The second-order valence-electron chi connectivity index (χ2n) is 5.90. The van der Waals surface area contributed by atoms with Crippen LogP contribution in [0.15, 0.2) is 30.4 Å². The van der Waals surface area contributed by atoms with Crippen LogP contribution in [0.25, 0.3) is 0 Å². The minimum atomic E-state index is -0.779. The first-order chi connectivity index (χ1) is 11.1. The number of benzene rings is 1. The van der Waals surface area contributed by atoms with Gasteiger partial charge >= 0.3 is 18.0 Å². The zero-order chi connectivity index (χ0) is 18.3. The monoisotopic (exact) mass is 335 g/mol. The second-order valence-corrected chi connectivity index (χ2v) is 5.90. The number of carbonyl (C=O) groups excluding carboxylic acids is 3. The van der Waals surface area contributed by atoms with Gasteiger partial charge in [0.05, 0.1) is 12.8 Å². The van der Waals surface area contributed by atoms with Gasteiger partial charge < -0.3 is 14.2 Å². The number of anilines is 1. The van der Waals surface area contributed by atoms with Gasteiger partial charge in [-0.05, 0) is 45.4 Å². The molecule has 0 aliphatic rings. The van der Waals surface area contributed by atoms with E-state index in [0.717, 1.165) is 17.7 Å². The molecule has 0 aliphatic carbocycles. The average Bonchev–Trinajstić information content (AvgIpc) is 2.45. The Hall–Kier alpha value is -2.83. The molecule has 1 N–H and O–H groups in total. The number of methoxy groups -OCH3 is 1. The van der Waals surface area contributed by atoms with E-state index in [9.17, 15) is 14.4 Å². The standard InChI is InChI=1S/C17H21NO6/c1-11-6-7-12(18-16(21)24-17(2,3)4)13(10-11)23-15(20)9-8-14(19)22-5/h6-10H,1-5H3,(H,18,21)/b9-8+. The fraction of sp³-hybridized carbons (Fsp3) is 0.353. The molecule has 0 radical (unpaired) electrons. The Morgan fingerprint density at radius 1 is 1.08 bits per heavy atom. The molecule has 7 heteroatoms. The molecule has 0 saturated heterocycles. The number of amides is 1. The lowest BCUT2D eigenvalue weighted by Gasteiger charge is -2.20. The molecule has 1 aromatic carbocycles. The van der Waals surface area contributed by atoms with Gasteiger partial charge in [-0.2, -0.15) is 0 Å². The molecule has 0 spiro atoms. The number of hydrogen-bond donors (Lipinski definition) is 1. The van der Waals surface area contributed by atoms with Crippen LogP contribution >= 0.6 is 0 Å². The largest absolute Gasteiger partial charge is 0.466 e. The molecule has 1 amide bonds. The number of nitrogens with one attached hydrogen (secondary N) is 1. The lowest BCUT2D eigenvalue weighted by molar-refractivity contribution is -0.135. The molecular weight excluding hydrogens is 314 g/mol. The Balaban J connectivity index is 2.89. The molecule has 0 unspecified atom stereocenters. The van der Waals surface area contributed by atoms with Crippen LogP contribution in [0.4, 0.5) is 10.5 Å². The highest BCUT2D eigenvalue weighted by molar-refractivity contribution is 5.94. The van der Waals surface area contributed by atoms with Gasteiger partial charge in [0.1, 0.15) is 5.60 Å². The minimum Gasteiger partial charge on any atom is -0.466 e. The molecule has 0 aromatic heterocycles. The van der Waals surface area contributed by atoms with Crippen LogP contribution in [-0.4, -0.2) is 30.7 Å². The number of carbonyl (C=O) groups is 3. The van der Waals surface area contributed by atoms with Crippen LogP contribution in [0.5, 0.6) is 5.75 Å². The molecule has 1 aromatic rings. The maximum Gasteiger partial charge on any atom is 0.412 e. The van der Waals surface area contributed by atoms with Crippen molar-refractivity contribution in [2.45, 2.75) is 33.3 Å². The smallest absolute Gasteiger partial charge is 0.412 e. The highest BCUT2D eigenvalue weighted by atomic mass is 16.6. The van der Waals surface area contributed by atoms with Crippen LogP contribution in [0.1, 0.15) is 26.3 Å². The Morgan fingerprint density at radius 2 is 1.71 bits per heavy atom. The molecule has 7 nitrogen and oxygen atoms in total. The van der Waals surface area contributed by atoms with Crippen LogP contribution in [0.2, 0.25) is 0 Å². The zero-order valence-corrected chi connectivity index (χ0v) is 14.3. The SMILES string of the molecule is COC(=O)/C=C/C(=O)Oc1cc(C)ccc1NC(=O)OC(C)(C)C. The predicted molar refractivity (Wildman–Crippen MR) is 87.8 cm³/mol. The molecule has 0 heterocycles. The third-order valence-corrected chi connectivity index (χ3v) is 2.54. The van der Waals surface area contributed by atoms with Crippen molar-refractivity contribution in [1.29, 1.82) is 0 Å². The summed E-state index contributed by atoms with van der Waals surface area (Å²) in [5.74, 6) is -1.32. The summed E-state index contributed by atoms with van der Waals surface area (Å²) in [4.78, 5) is 34.6. The van der Waals surface area contributed by atoms with Gasteiger partial charge in [0.25, 0.3) is 0 Å². The first-order valence-electron chi connectivity index (χ1n) is 7.19. The number of hydrogen-bond acceptors (Lipinski definition) is 6. The maximum absolute atomic E-state index is 11.9. The van der Waals surface area contributed by atoms with Crippen molar-refractivity contribution in [3.63, 3.8) is 0 Å². The van der Waals surface area contributed by atoms with Crippen LogP contribution < -0.4 is 10.1 Å². The minimum absolute atomic E-state index is 0.139. The van der Waals surface area contributed by atoms with Crippen LogP contribution in [0.3, 0.4) is 0 Å². The molecule has 0 atom stereocenters. The predicted octanol–water partition coefficient (Wildman–Crippen LogP) is 2.98. The van der Waals surface area contributed by atoms with E-state index in [2.05, 4.69) is 10.1 Å². The van der Waals surface area contributed by atoms with Gasteiger partial charge in [-0.1, -0.05) is 6.07 Å². The van der Waals surface area contributed by atoms with Crippen LogP contribution in [-0.2, 0) is 19.1 Å². The van der Waals surface area contributed by atoms with Crippen molar-refractivity contribution in [3.8, 4) is 5.75 Å². The quantitative estimate of drug-likeness (QED) is 0.517. The number of rotatable bonds is 4. The molecule has 0 aliphatic heterocycles. The van der Waals surface area contributed by atoms with Gasteiger partial charge in [0.15, 0.2) is 5.75 Å². The molecular formula is C17H21NO6. The Bertz CT molecular complexity index is 658. The topological polar surface area (TPSA) is 90.9 Å². The maximum atomic E-state index is 11.9. The van der Waals surface area contributed by atoms with Crippen molar-refractivity contribution in [1.82, 2.24) is 0 Å². The molecule has 0 fully saturated rings. The summed E-state index contributed by atoms with van der Waals surface area (Å²) < 4.78 is 14.7. The molecule has 0 saturated carbocycles. The second kappa shape index (κ2) is 8.14. The first-order valence-corrected chi connectivity index (χ1v) is 7.19. The fourth-order valence-corrected chi connectivity index (χ4v) is 1.58. The Labute approximate surface area is 140 Å². The van der Waals surface area contributed by atoms with Gasteiger partial charge in [0.2, 0.25) is 0 Å². The average molecular weight is 335 g/mol. The van der Waals surface area contributed by atoms with E-state index in [1.165, 1.54) is 7.11 Å². The van der Waals surface area contributed by atoms with E-state index in [4.69, 9.17) is 9.47 Å². The van der Waals surface area contributed by atoms with E-state index in [1.807, 2.05) is 0 Å². The highest BCUT2D eigenvalue weighted by Gasteiger charge is 2.18. The van der Waals surface area contributed by atoms with E-state index < -0.39 is 23.6 Å². The summed E-state index contributed by atoms with van der Waals surface area (Å²) in [5, 5.41) is 2.52. The van der Waals surface area contributed by atoms with E-state index >= 15 is 0 Å². The molecule has 24 heavy (non-hydrogen) atoms. The summed E-state index contributed by atoms with van der Waals surface area (Å²) >= 11 is 0. The third-order valence-electron chi connectivity index (χ3n) is 2.54. The first kappa shape index (κ1) is 19.2. The lowest BCUT2D eigenvalue weighted by Crippen LogP contribution is -2.27. The summed E-state index contributed by atoms with van der Waals surface area (Å²) in [6.07, 6.45) is 1.21. The van der Waals surface area contributed by atoms with Crippen molar-refractivity contribution in [2.24, 2.45) is 0 Å². The van der Waals surface area contributed by atoms with E-state index in [0.29, 0.717) is 0 Å². The van der Waals surface area contributed by atoms with Gasteiger partial charge in [-0.3, -0.25) is 5.32 Å². The molecule has 130 valence electrons. The van der Waals surface area contributed by atoms with Crippen molar-refractivity contribution >= 4 is 23.7 Å². The Kier molecular flexibility index (Phi) is 6.52. The number of esters is 2. The summed E-state index contributed by atoms with van der Waals surface area (Å²) in [5.41, 5.74) is 0.439. The van der Waals surface area contributed by atoms with E-state index in [-0.39, 0.29) is 11.4 Å². The van der Waals surface area contributed by atoms with Crippen molar-refractivity contribution in [2.75, 3.05) is 12.4 Å². The van der Waals surface area contributed by atoms with Gasteiger partial charge in [-0.25, -0.2) is 14.4 Å². The number of ether oxygens (including phenoxy) is 3. The zero-order valence-electron chi connectivity index (χ0n) is 14.3. The van der Waals surface area contributed by atoms with Gasteiger partial charge in [-0.15, -0.1) is 0 Å². The fourth-order valence-electron chi connectivity index (χ4n) is 1.58. The molecule has 1 rings (SSSR count). The van der Waals surface area contributed by atoms with Crippen molar-refractivity contribution < 1.29 is 28.6 Å². The normalized spacial score (nSPS) is 11.0. The lowest BCUT2D eigenvalue weighted by atomic mass is 10.2. The highest BCUT2D eigenvalue weighted by Crippen LogP contribution is 2.26. The molecule has 0 bridgehead atoms. The Morgan fingerprint density at radius 3 is 2.29 bits per heavy atom. The summed E-state index contributed by atoms with van der Waals surface area (Å²) in [7, 11) is 1.20. The van der Waals surface area contributed by atoms with E-state index in [1.54, 1.807) is 45.9 Å². The van der Waals surface area contributed by atoms with Crippen LogP contribution in [0, 0.1) is 6.92 Å². The summed E-state index contributed by atoms with van der Waals surface area (Å²) in [6, 6.07) is 4.91. The van der Waals surface area contributed by atoms with Crippen molar-refractivity contribution in [3.05, 3.63) is 35.9 Å². The van der Waals surface area contributed by atoms with Gasteiger partial charge in [0, 0.05) is 12.2 Å². The summed E-state index contributed by atoms with van der Waals surface area (Å²) in [6.45, 7) is 7.01.